The molecule has 0 bridgehead atoms. The number of esters is 1. The third-order valence-corrected chi connectivity index (χ3v) is 2.76. The van der Waals surface area contributed by atoms with Crippen molar-refractivity contribution in [3.8, 4) is 0 Å². The third kappa shape index (κ3) is 5.02. The molecule has 0 aromatic rings. The lowest BCUT2D eigenvalue weighted by Gasteiger charge is -2.18. The van der Waals surface area contributed by atoms with Gasteiger partial charge in [-0.1, -0.05) is 32.5 Å². The van der Waals surface area contributed by atoms with E-state index in [4.69, 9.17) is 4.74 Å². The topological polar surface area (TPSA) is 43.4 Å². The highest BCUT2D eigenvalue weighted by molar-refractivity contribution is 8.04. The smallest absolute Gasteiger partial charge is 0.314 e. The maximum absolute atomic E-state index is 11.4. The predicted octanol–water partition coefficient (Wildman–Crippen LogP) is 2.51. The van der Waals surface area contributed by atoms with E-state index in [-0.39, 0.29) is 16.6 Å². The predicted molar refractivity (Wildman–Crippen MR) is 60.3 cm³/mol. The van der Waals surface area contributed by atoms with Gasteiger partial charge in [0.1, 0.15) is 6.29 Å². The molecule has 0 saturated heterocycles. The normalized spacial score (nSPS) is 17.4. The van der Waals surface area contributed by atoms with Crippen molar-refractivity contribution in [2.24, 2.45) is 5.92 Å². The van der Waals surface area contributed by atoms with E-state index in [1.165, 1.54) is 17.8 Å². The second-order valence-corrected chi connectivity index (χ2v) is 6.36. The molecule has 1 fully saturated rings. The molecule has 84 valence electrons. The van der Waals surface area contributed by atoms with Gasteiger partial charge < -0.3 is 4.74 Å². The van der Waals surface area contributed by atoms with Gasteiger partial charge in [0.2, 0.25) is 0 Å². The van der Waals surface area contributed by atoms with E-state index in [0.29, 0.717) is 11.4 Å². The molecule has 4 heteroatoms. The molecule has 0 unspecified atom stereocenters. The number of hydrogen-bond donors (Lipinski definition) is 0. The molecular formula is C11H16O3S. The van der Waals surface area contributed by atoms with Crippen LogP contribution in [0.1, 0.15) is 33.6 Å². The largest absolute Gasteiger partial charge is 0.419 e. The van der Waals surface area contributed by atoms with Gasteiger partial charge in [0, 0.05) is 10.8 Å². The van der Waals surface area contributed by atoms with Crippen molar-refractivity contribution in [1.82, 2.24) is 0 Å². The summed E-state index contributed by atoms with van der Waals surface area (Å²) in [5.74, 6) is -0.152. The van der Waals surface area contributed by atoms with Crippen LogP contribution in [0.15, 0.2) is 11.2 Å². The lowest BCUT2D eigenvalue weighted by molar-refractivity contribution is -0.139. The summed E-state index contributed by atoms with van der Waals surface area (Å²) in [6.07, 6.45) is 3.77. The first-order valence-corrected chi connectivity index (χ1v) is 5.80. The number of ether oxygens (including phenoxy) is 1. The Morgan fingerprint density at radius 2 is 2.00 bits per heavy atom. The number of carbonyl (C=O) groups is 2. The number of aldehydes is 1. The lowest BCUT2D eigenvalue weighted by Crippen LogP contribution is -2.12. The molecule has 0 amide bonds. The average Bonchev–Trinajstić information content (AvgIpc) is 2.82. The Morgan fingerprint density at radius 1 is 1.40 bits per heavy atom. The number of thioether (sulfide) groups is 1. The maximum atomic E-state index is 11.4. The van der Waals surface area contributed by atoms with Crippen LogP contribution in [-0.4, -0.2) is 17.0 Å². The minimum atomic E-state index is -0.208. The fraction of sp³-hybridized carbons (Fsp3) is 0.636. The Bertz CT molecular complexity index is 285. The average molecular weight is 228 g/mol. The summed E-state index contributed by atoms with van der Waals surface area (Å²) in [6.45, 7) is 6.00. The molecule has 0 N–H and O–H groups in total. The Kier molecular flexibility index (Phi) is 3.97. The van der Waals surface area contributed by atoms with Gasteiger partial charge in [-0.15, -0.1) is 0 Å². The van der Waals surface area contributed by atoms with Crippen LogP contribution in [0.25, 0.3) is 0 Å². The molecule has 1 rings (SSSR count). The van der Waals surface area contributed by atoms with E-state index < -0.39 is 0 Å². The monoisotopic (exact) mass is 228 g/mol. The zero-order valence-corrected chi connectivity index (χ0v) is 10.1. The standard InChI is InChI=1S/C11H16O3S/c1-11(2,3)15-9(6-7-12)14-10(13)8-4-5-8/h6-8H,4-5H2,1-3H3. The summed E-state index contributed by atoms with van der Waals surface area (Å²) in [7, 11) is 0. The molecule has 0 heterocycles. The first kappa shape index (κ1) is 12.3. The summed E-state index contributed by atoms with van der Waals surface area (Å²) in [4.78, 5) is 21.8. The molecule has 1 aliphatic rings. The van der Waals surface area contributed by atoms with Gasteiger partial charge in [-0.25, -0.2) is 0 Å². The van der Waals surface area contributed by atoms with E-state index in [1.807, 2.05) is 20.8 Å². The van der Waals surface area contributed by atoms with Crippen LogP contribution in [0, 0.1) is 5.92 Å². The lowest BCUT2D eigenvalue weighted by atomic mass is 10.3. The SMILES string of the molecule is CC(C)(C)SC(=CC=O)OC(=O)C1CC1. The van der Waals surface area contributed by atoms with E-state index in [9.17, 15) is 9.59 Å². The van der Waals surface area contributed by atoms with Gasteiger partial charge in [-0.2, -0.15) is 0 Å². The van der Waals surface area contributed by atoms with Crippen molar-refractivity contribution >= 4 is 24.0 Å². The molecular weight excluding hydrogens is 212 g/mol. The highest BCUT2D eigenvalue weighted by Gasteiger charge is 2.32. The number of hydrogen-bond acceptors (Lipinski definition) is 4. The quantitative estimate of drug-likeness (QED) is 0.321. The van der Waals surface area contributed by atoms with Crippen molar-refractivity contribution in [2.45, 2.75) is 38.4 Å². The molecule has 1 aliphatic carbocycles. The van der Waals surface area contributed by atoms with Crippen LogP contribution in [0.3, 0.4) is 0 Å². The summed E-state index contributed by atoms with van der Waals surface area (Å²) in [5.41, 5.74) is 0. The molecule has 1 saturated carbocycles. The minimum absolute atomic E-state index is 0.0561. The van der Waals surface area contributed by atoms with Gasteiger partial charge in [-0.3, -0.25) is 9.59 Å². The molecule has 15 heavy (non-hydrogen) atoms. The van der Waals surface area contributed by atoms with E-state index in [2.05, 4.69) is 0 Å². The summed E-state index contributed by atoms with van der Waals surface area (Å²) < 4.78 is 5.07. The van der Waals surface area contributed by atoms with Crippen molar-refractivity contribution in [3.63, 3.8) is 0 Å². The van der Waals surface area contributed by atoms with E-state index in [0.717, 1.165) is 12.8 Å². The minimum Gasteiger partial charge on any atom is -0.419 e. The van der Waals surface area contributed by atoms with Crippen molar-refractivity contribution in [2.75, 3.05) is 0 Å². The van der Waals surface area contributed by atoms with Gasteiger partial charge in [0.15, 0.2) is 5.09 Å². The Hall–Kier alpha value is -0.770. The van der Waals surface area contributed by atoms with Gasteiger partial charge in [0.25, 0.3) is 0 Å². The van der Waals surface area contributed by atoms with Crippen molar-refractivity contribution in [3.05, 3.63) is 11.2 Å². The second-order valence-electron chi connectivity index (χ2n) is 4.53. The van der Waals surface area contributed by atoms with Gasteiger partial charge >= 0.3 is 5.97 Å². The number of rotatable bonds is 4. The van der Waals surface area contributed by atoms with E-state index >= 15 is 0 Å². The summed E-state index contributed by atoms with van der Waals surface area (Å²) >= 11 is 1.39. The van der Waals surface area contributed by atoms with Gasteiger partial charge in [-0.05, 0) is 12.8 Å². The Morgan fingerprint density at radius 3 is 2.40 bits per heavy atom. The van der Waals surface area contributed by atoms with Crippen LogP contribution < -0.4 is 0 Å². The highest BCUT2D eigenvalue weighted by Crippen LogP contribution is 2.35. The van der Waals surface area contributed by atoms with Crippen LogP contribution >= 0.6 is 11.8 Å². The van der Waals surface area contributed by atoms with Crippen molar-refractivity contribution in [1.29, 1.82) is 0 Å². The Balaban J connectivity index is 2.54. The van der Waals surface area contributed by atoms with Crippen molar-refractivity contribution < 1.29 is 14.3 Å². The first-order chi connectivity index (χ1) is 6.92. The fourth-order valence-corrected chi connectivity index (χ4v) is 1.80. The maximum Gasteiger partial charge on any atom is 0.314 e. The molecule has 0 spiro atoms. The molecule has 0 atom stereocenters. The number of allylic oxidation sites excluding steroid dienone is 1. The molecule has 0 aliphatic heterocycles. The number of carbonyl (C=O) groups excluding carboxylic acids is 2. The molecule has 0 aromatic heterocycles. The Labute approximate surface area is 94.3 Å². The second kappa shape index (κ2) is 4.84. The fourth-order valence-electron chi connectivity index (χ4n) is 0.948. The zero-order valence-electron chi connectivity index (χ0n) is 9.28. The third-order valence-electron chi connectivity index (χ3n) is 1.72. The van der Waals surface area contributed by atoms with Crippen LogP contribution in [0.4, 0.5) is 0 Å². The van der Waals surface area contributed by atoms with E-state index in [1.54, 1.807) is 0 Å². The summed E-state index contributed by atoms with van der Waals surface area (Å²) in [6, 6.07) is 0. The zero-order chi connectivity index (χ0) is 11.5. The first-order valence-electron chi connectivity index (χ1n) is 4.98. The van der Waals surface area contributed by atoms with Crippen LogP contribution in [-0.2, 0) is 14.3 Å². The molecule has 0 radical (unpaired) electrons. The summed E-state index contributed by atoms with van der Waals surface area (Å²) in [5, 5.41) is 0.398. The molecule has 3 nitrogen and oxygen atoms in total. The van der Waals surface area contributed by atoms with Crippen LogP contribution in [0.2, 0.25) is 0 Å². The molecule has 0 aromatic carbocycles. The van der Waals surface area contributed by atoms with Crippen LogP contribution in [0.5, 0.6) is 0 Å². The highest BCUT2D eigenvalue weighted by atomic mass is 32.2. The van der Waals surface area contributed by atoms with Gasteiger partial charge in [0.05, 0.1) is 5.92 Å².